The summed E-state index contributed by atoms with van der Waals surface area (Å²) in [5.41, 5.74) is -0.694. The van der Waals surface area contributed by atoms with E-state index < -0.39 is 35.0 Å². The number of anilines is 2. The van der Waals surface area contributed by atoms with Crippen LogP contribution in [0.2, 0.25) is 0 Å². The first-order valence-electron chi connectivity index (χ1n) is 18.9. The molecule has 0 radical (unpaired) electrons. The van der Waals surface area contributed by atoms with Crippen LogP contribution in [0.5, 0.6) is 6.01 Å². The number of carbonyl (C=O) groups excluding carboxylic acids is 1. The Balaban J connectivity index is 1.29. The third-order valence-corrected chi connectivity index (χ3v) is 12.9. The number of likely N-dealkylation sites (N-methyl/N-ethyl adjacent to an activating group) is 1. The molecule has 55 heavy (non-hydrogen) atoms. The number of ether oxygens (including phenoxy) is 3. The Labute approximate surface area is 322 Å². The molecule has 5 heterocycles. The van der Waals surface area contributed by atoms with Gasteiger partial charge in [0.2, 0.25) is 0 Å². The van der Waals surface area contributed by atoms with Crippen molar-refractivity contribution >= 4 is 49.2 Å². The van der Waals surface area contributed by atoms with Crippen molar-refractivity contribution in [1.82, 2.24) is 19.8 Å². The van der Waals surface area contributed by atoms with Gasteiger partial charge in [-0.05, 0) is 90.4 Å². The lowest BCUT2D eigenvalue weighted by molar-refractivity contribution is 0.0636. The average molecular weight is 778 g/mol. The number of aromatic nitrogens is 2. The van der Waals surface area contributed by atoms with Crippen molar-refractivity contribution in [3.63, 3.8) is 0 Å². The molecule has 8 rings (SSSR count). The van der Waals surface area contributed by atoms with E-state index in [9.17, 15) is 14.4 Å². The maximum absolute atomic E-state index is 17.6. The van der Waals surface area contributed by atoms with Crippen molar-refractivity contribution in [3.8, 4) is 23.2 Å². The molecular formula is C40H46F3N7O4S. The van der Waals surface area contributed by atoms with Gasteiger partial charge in [0.1, 0.15) is 46.6 Å². The van der Waals surface area contributed by atoms with E-state index >= 15 is 8.78 Å². The number of nitrogens with one attached hydrogen (secondary N) is 2. The number of hydrogen-bond donors (Lipinski definition) is 2. The van der Waals surface area contributed by atoms with Crippen LogP contribution in [0.1, 0.15) is 82.4 Å². The standard InChI is InChI=1S/C40H46F3N7O4S/c1-38(2,3)54-37(51)48-35-23(16-44)28-27(55-35)10-9-26(42)31(28)29-24-18-52-19-25(24)30-33(32(29)43)46-36(53-21-40-13-8-14-50(40)17-22(41)15-40)47-34(30)45-20-39(49(4)5)11-6-7-12-39/h9-10,22H,6-8,11-15,17-21H2,1-5H3,(H,48,51)(H,45,46,47)/t22?,40-/m0/s1. The lowest BCUT2D eigenvalue weighted by Gasteiger charge is -2.36. The second-order valence-corrected chi connectivity index (χ2v) is 17.7. The largest absolute Gasteiger partial charge is 0.461 e. The van der Waals surface area contributed by atoms with Crippen LogP contribution in [0.3, 0.4) is 0 Å². The lowest BCUT2D eigenvalue weighted by Crippen LogP contribution is -2.47. The molecular weight excluding hydrogens is 732 g/mol. The molecule has 2 aromatic heterocycles. The number of nitrogens with zero attached hydrogens (tertiary/aromatic N) is 5. The van der Waals surface area contributed by atoms with Crippen LogP contribution >= 0.6 is 11.3 Å². The quantitative estimate of drug-likeness (QED) is 0.172. The predicted octanol–water partition coefficient (Wildman–Crippen LogP) is 8.28. The van der Waals surface area contributed by atoms with E-state index in [1.54, 1.807) is 20.8 Å². The van der Waals surface area contributed by atoms with Gasteiger partial charge in [0, 0.05) is 46.3 Å². The molecule has 4 aromatic rings. The first-order chi connectivity index (χ1) is 26.2. The van der Waals surface area contributed by atoms with Gasteiger partial charge < -0.3 is 24.4 Å². The maximum Gasteiger partial charge on any atom is 0.412 e. The van der Waals surface area contributed by atoms with Gasteiger partial charge in [0.05, 0.1) is 29.7 Å². The molecule has 3 fully saturated rings. The number of alkyl halides is 1. The summed E-state index contributed by atoms with van der Waals surface area (Å²) in [5.74, 6) is -1.18. The smallest absolute Gasteiger partial charge is 0.412 e. The minimum Gasteiger partial charge on any atom is -0.461 e. The van der Waals surface area contributed by atoms with E-state index in [1.165, 1.54) is 12.1 Å². The molecule has 15 heteroatoms. The first kappa shape index (κ1) is 37.7. The van der Waals surface area contributed by atoms with Gasteiger partial charge in [-0.25, -0.2) is 18.0 Å². The van der Waals surface area contributed by atoms with Crippen LogP contribution in [-0.4, -0.2) is 89.0 Å². The summed E-state index contributed by atoms with van der Waals surface area (Å²) in [6, 6.07) is 4.79. The summed E-state index contributed by atoms with van der Waals surface area (Å²) < 4.78 is 66.8. The molecule has 2 saturated heterocycles. The van der Waals surface area contributed by atoms with Crippen LogP contribution in [-0.2, 0) is 22.7 Å². The van der Waals surface area contributed by atoms with Gasteiger partial charge in [0.25, 0.3) is 0 Å². The van der Waals surface area contributed by atoms with Crippen molar-refractivity contribution in [1.29, 1.82) is 5.26 Å². The van der Waals surface area contributed by atoms with Crippen molar-refractivity contribution < 1.29 is 32.2 Å². The van der Waals surface area contributed by atoms with Gasteiger partial charge in [-0.2, -0.15) is 15.2 Å². The van der Waals surface area contributed by atoms with Gasteiger partial charge in [-0.1, -0.05) is 12.8 Å². The van der Waals surface area contributed by atoms with E-state index in [0.717, 1.165) is 56.4 Å². The zero-order valence-electron chi connectivity index (χ0n) is 31.8. The summed E-state index contributed by atoms with van der Waals surface area (Å²) in [4.78, 5) is 26.7. The molecule has 0 bridgehead atoms. The van der Waals surface area contributed by atoms with Crippen LogP contribution < -0.4 is 15.4 Å². The fourth-order valence-electron chi connectivity index (χ4n) is 9.18. The Morgan fingerprint density at radius 2 is 1.87 bits per heavy atom. The monoisotopic (exact) mass is 777 g/mol. The Hall–Kier alpha value is -4.23. The van der Waals surface area contributed by atoms with E-state index in [-0.39, 0.29) is 64.0 Å². The zero-order chi connectivity index (χ0) is 38.9. The molecule has 1 saturated carbocycles. The topological polar surface area (TPSA) is 125 Å². The molecule has 4 aliphatic rings. The van der Waals surface area contributed by atoms with Gasteiger partial charge in [-0.15, -0.1) is 11.3 Å². The number of fused-ring (bicyclic) bond motifs is 5. The van der Waals surface area contributed by atoms with Crippen molar-refractivity contribution in [2.75, 3.05) is 51.0 Å². The lowest BCUT2D eigenvalue weighted by atomic mass is 9.90. The van der Waals surface area contributed by atoms with Gasteiger partial charge in [0.15, 0.2) is 5.82 Å². The highest BCUT2D eigenvalue weighted by atomic mass is 32.1. The number of amides is 1. The summed E-state index contributed by atoms with van der Waals surface area (Å²) in [5, 5.41) is 17.3. The Morgan fingerprint density at radius 1 is 1.11 bits per heavy atom. The number of rotatable bonds is 9. The molecule has 2 N–H and O–H groups in total. The van der Waals surface area contributed by atoms with Gasteiger partial charge in [-0.3, -0.25) is 10.2 Å². The zero-order valence-corrected chi connectivity index (χ0v) is 32.7. The van der Waals surface area contributed by atoms with E-state index in [1.807, 2.05) is 0 Å². The SMILES string of the molecule is CN(C)C1(CNc2nc(OC[C@@]34CCCN3CC(F)C4)nc3c(F)c(-c4c(F)ccc5sc(NC(=O)OC(C)(C)C)c(C#N)c45)c4c(c23)COC4)CCCC1. The summed E-state index contributed by atoms with van der Waals surface area (Å²) in [7, 11) is 4.13. The Morgan fingerprint density at radius 3 is 2.60 bits per heavy atom. The number of nitriles is 1. The van der Waals surface area contributed by atoms with E-state index in [4.69, 9.17) is 19.2 Å². The average Bonchev–Trinajstić information content (AvgIpc) is 3.95. The Kier molecular flexibility index (Phi) is 9.63. The first-order valence-corrected chi connectivity index (χ1v) is 19.8. The second-order valence-electron chi connectivity index (χ2n) is 16.6. The summed E-state index contributed by atoms with van der Waals surface area (Å²) in [6.07, 6.45) is 4.46. The van der Waals surface area contributed by atoms with Crippen LogP contribution in [0.15, 0.2) is 12.1 Å². The fraction of sp³-hybridized carbons (Fsp3) is 0.550. The van der Waals surface area contributed by atoms with E-state index in [0.29, 0.717) is 46.5 Å². The normalized spacial score (nSPS) is 22.0. The number of hydrogen-bond acceptors (Lipinski definition) is 11. The summed E-state index contributed by atoms with van der Waals surface area (Å²) >= 11 is 1.07. The van der Waals surface area contributed by atoms with Gasteiger partial charge >= 0.3 is 12.1 Å². The van der Waals surface area contributed by atoms with E-state index in [2.05, 4.69) is 45.6 Å². The third-order valence-electron chi connectivity index (χ3n) is 11.9. The number of halogens is 3. The van der Waals surface area contributed by atoms with Crippen molar-refractivity contribution in [2.45, 2.75) is 102 Å². The van der Waals surface area contributed by atoms with Crippen molar-refractivity contribution in [3.05, 3.63) is 40.5 Å². The van der Waals surface area contributed by atoms with Crippen LogP contribution in [0, 0.1) is 23.0 Å². The highest BCUT2D eigenvalue weighted by molar-refractivity contribution is 7.23. The molecule has 3 aliphatic heterocycles. The highest BCUT2D eigenvalue weighted by Crippen LogP contribution is 2.49. The molecule has 11 nitrogen and oxygen atoms in total. The molecule has 1 unspecified atom stereocenters. The molecule has 1 amide bonds. The third kappa shape index (κ3) is 6.64. The fourth-order valence-corrected chi connectivity index (χ4v) is 10.2. The highest BCUT2D eigenvalue weighted by Gasteiger charge is 2.49. The molecule has 0 spiro atoms. The number of benzene rings is 2. The molecule has 2 atom stereocenters. The van der Waals surface area contributed by atoms with Crippen molar-refractivity contribution in [2.24, 2.45) is 0 Å². The summed E-state index contributed by atoms with van der Waals surface area (Å²) in [6.45, 7) is 7.06. The minimum absolute atomic E-state index is 0.00945. The number of carbonyl (C=O) groups is 1. The molecule has 1 aliphatic carbocycles. The van der Waals surface area contributed by atoms with Crippen LogP contribution in [0.25, 0.3) is 32.1 Å². The molecule has 2 aromatic carbocycles. The maximum atomic E-state index is 17.6. The molecule has 292 valence electrons. The van der Waals surface area contributed by atoms with Crippen LogP contribution in [0.4, 0.5) is 28.8 Å². The minimum atomic E-state index is -0.956. The Bertz CT molecular complexity index is 2230. The predicted molar refractivity (Wildman–Crippen MR) is 205 cm³/mol. The second kappa shape index (κ2) is 14.1. The number of thiophene rings is 1.